The van der Waals surface area contributed by atoms with Gasteiger partial charge in [-0.1, -0.05) is 28.1 Å². The molecule has 1 aromatic carbocycles. The molecule has 0 saturated carbocycles. The van der Waals surface area contributed by atoms with Crippen LogP contribution in [0.5, 0.6) is 0 Å². The van der Waals surface area contributed by atoms with Crippen molar-refractivity contribution in [3.05, 3.63) is 34.3 Å². The number of rotatable bonds is 4. The molecule has 4 nitrogen and oxygen atoms in total. The Morgan fingerprint density at radius 3 is 2.89 bits per heavy atom. The van der Waals surface area contributed by atoms with Crippen molar-refractivity contribution < 1.29 is 14.3 Å². The molecule has 0 amide bonds. The first kappa shape index (κ1) is 14.5. The molecule has 1 saturated heterocycles. The zero-order valence-corrected chi connectivity index (χ0v) is 12.6. The Kier molecular flexibility index (Phi) is 5.36. The summed E-state index contributed by atoms with van der Waals surface area (Å²) in [5, 5.41) is 0. The van der Waals surface area contributed by atoms with Gasteiger partial charge in [-0.2, -0.15) is 0 Å². The van der Waals surface area contributed by atoms with Crippen LogP contribution in [0.25, 0.3) is 0 Å². The Balaban J connectivity index is 1.87. The van der Waals surface area contributed by atoms with Crippen molar-refractivity contribution in [2.75, 3.05) is 26.8 Å². The second-order valence-corrected chi connectivity index (χ2v) is 5.55. The highest BCUT2D eigenvalue weighted by Gasteiger charge is 2.23. The Labute approximate surface area is 121 Å². The maximum absolute atomic E-state index is 11.3. The molecule has 0 radical (unpaired) electrons. The highest BCUT2D eigenvalue weighted by atomic mass is 79.9. The fourth-order valence-corrected chi connectivity index (χ4v) is 2.43. The van der Waals surface area contributed by atoms with E-state index in [0.717, 1.165) is 24.1 Å². The summed E-state index contributed by atoms with van der Waals surface area (Å²) >= 11 is 3.43. The lowest BCUT2D eigenvalue weighted by molar-refractivity contribution is -0.145. The van der Waals surface area contributed by atoms with Crippen LogP contribution in [0, 0.1) is 0 Å². The van der Waals surface area contributed by atoms with Gasteiger partial charge < -0.3 is 9.47 Å². The molecule has 0 aromatic heterocycles. The summed E-state index contributed by atoms with van der Waals surface area (Å²) in [6.45, 7) is 3.21. The summed E-state index contributed by atoms with van der Waals surface area (Å²) in [4.78, 5) is 13.6. The molecule has 0 N–H and O–H groups in total. The Morgan fingerprint density at radius 1 is 1.47 bits per heavy atom. The minimum atomic E-state index is -0.213. The number of ether oxygens (including phenoxy) is 2. The van der Waals surface area contributed by atoms with Crippen LogP contribution >= 0.6 is 15.9 Å². The van der Waals surface area contributed by atoms with Crippen molar-refractivity contribution in [3.8, 4) is 0 Å². The van der Waals surface area contributed by atoms with Gasteiger partial charge in [-0.25, -0.2) is 0 Å². The van der Waals surface area contributed by atoms with Gasteiger partial charge in [0.15, 0.2) is 0 Å². The molecule has 0 spiro atoms. The van der Waals surface area contributed by atoms with Crippen molar-refractivity contribution in [2.24, 2.45) is 0 Å². The van der Waals surface area contributed by atoms with E-state index in [4.69, 9.17) is 4.74 Å². The monoisotopic (exact) mass is 327 g/mol. The Bertz CT molecular complexity index is 421. The summed E-state index contributed by atoms with van der Waals surface area (Å²) < 4.78 is 11.3. The smallest absolute Gasteiger partial charge is 0.308 e. The van der Waals surface area contributed by atoms with Crippen molar-refractivity contribution in [1.82, 2.24) is 4.90 Å². The van der Waals surface area contributed by atoms with Crippen molar-refractivity contribution in [2.45, 2.75) is 19.1 Å². The Morgan fingerprint density at radius 2 is 2.21 bits per heavy atom. The van der Waals surface area contributed by atoms with Crippen LogP contribution in [-0.2, 0) is 20.8 Å². The van der Waals surface area contributed by atoms with E-state index in [-0.39, 0.29) is 12.1 Å². The molecule has 1 aromatic rings. The number of hydrogen-bond donors (Lipinski definition) is 0. The van der Waals surface area contributed by atoms with Gasteiger partial charge >= 0.3 is 5.97 Å². The van der Waals surface area contributed by atoms with Crippen LogP contribution < -0.4 is 0 Å². The third-order valence-electron chi connectivity index (χ3n) is 3.16. The van der Waals surface area contributed by atoms with Crippen molar-refractivity contribution in [3.63, 3.8) is 0 Å². The maximum Gasteiger partial charge on any atom is 0.308 e. The Hall–Kier alpha value is -0.910. The summed E-state index contributed by atoms with van der Waals surface area (Å²) in [6, 6.07) is 8.30. The van der Waals surface area contributed by atoms with Gasteiger partial charge in [0.1, 0.15) is 0 Å². The van der Waals surface area contributed by atoms with E-state index < -0.39 is 0 Å². The number of esters is 1. The molecule has 104 valence electrons. The summed E-state index contributed by atoms with van der Waals surface area (Å²) in [5.41, 5.74) is 1.27. The quantitative estimate of drug-likeness (QED) is 0.795. The first-order valence-corrected chi connectivity index (χ1v) is 7.12. The lowest BCUT2D eigenvalue weighted by atomic mass is 10.1. The molecule has 1 aliphatic rings. The molecule has 0 aliphatic carbocycles. The van der Waals surface area contributed by atoms with E-state index in [2.05, 4.69) is 37.7 Å². The summed E-state index contributed by atoms with van der Waals surface area (Å²) in [5.74, 6) is -0.213. The normalized spacial score (nSPS) is 20.2. The van der Waals surface area contributed by atoms with E-state index in [0.29, 0.717) is 13.0 Å². The van der Waals surface area contributed by atoms with Crippen LogP contribution in [0.3, 0.4) is 0 Å². The third kappa shape index (κ3) is 4.60. The lowest BCUT2D eigenvalue weighted by Gasteiger charge is -2.32. The van der Waals surface area contributed by atoms with E-state index in [1.807, 2.05) is 12.1 Å². The van der Waals surface area contributed by atoms with Gasteiger partial charge in [0.05, 0.1) is 26.2 Å². The zero-order valence-electron chi connectivity index (χ0n) is 11.0. The summed E-state index contributed by atoms with van der Waals surface area (Å²) in [6.07, 6.45) is 0.268. The third-order valence-corrected chi connectivity index (χ3v) is 3.69. The predicted octanol–water partition coefficient (Wildman–Crippen LogP) is 2.21. The molecule has 0 bridgehead atoms. The molecular weight excluding hydrogens is 310 g/mol. The molecule has 1 atom stereocenters. The number of nitrogens with zero attached hydrogens (tertiary/aromatic N) is 1. The van der Waals surface area contributed by atoms with Gasteiger partial charge in [0.2, 0.25) is 0 Å². The highest BCUT2D eigenvalue weighted by Crippen LogP contribution is 2.15. The topological polar surface area (TPSA) is 38.8 Å². The van der Waals surface area contributed by atoms with Gasteiger partial charge in [0.25, 0.3) is 0 Å². The first-order chi connectivity index (χ1) is 9.17. The fraction of sp³-hybridized carbons (Fsp3) is 0.500. The van der Waals surface area contributed by atoms with Crippen molar-refractivity contribution in [1.29, 1.82) is 0 Å². The lowest BCUT2D eigenvalue weighted by Crippen LogP contribution is -2.42. The molecule has 1 heterocycles. The first-order valence-electron chi connectivity index (χ1n) is 6.32. The highest BCUT2D eigenvalue weighted by molar-refractivity contribution is 9.10. The zero-order chi connectivity index (χ0) is 13.7. The second-order valence-electron chi connectivity index (χ2n) is 4.63. The van der Waals surface area contributed by atoms with E-state index >= 15 is 0 Å². The maximum atomic E-state index is 11.3. The molecule has 1 aliphatic heterocycles. The number of hydrogen-bond acceptors (Lipinski definition) is 4. The summed E-state index contributed by atoms with van der Waals surface area (Å²) in [7, 11) is 1.41. The number of benzene rings is 1. The molecule has 19 heavy (non-hydrogen) atoms. The average Bonchev–Trinajstić information content (AvgIpc) is 2.42. The van der Waals surface area contributed by atoms with Gasteiger partial charge in [-0.05, 0) is 17.7 Å². The van der Waals surface area contributed by atoms with Crippen molar-refractivity contribution >= 4 is 21.9 Å². The number of carbonyl (C=O) groups excluding carboxylic acids is 1. The molecule has 1 fully saturated rings. The fourth-order valence-electron chi connectivity index (χ4n) is 2.16. The standard InChI is InChI=1S/C14H18BrNO3/c1-18-14(17)8-13-10-16(6-7-19-13)9-11-2-4-12(15)5-3-11/h2-5,13H,6-10H2,1H3. The second kappa shape index (κ2) is 7.03. The number of morpholine rings is 1. The van der Waals surface area contributed by atoms with E-state index in [9.17, 15) is 4.79 Å². The van der Waals surface area contributed by atoms with Crippen LogP contribution in [0.4, 0.5) is 0 Å². The minimum Gasteiger partial charge on any atom is -0.469 e. The number of halogens is 1. The molecule has 1 unspecified atom stereocenters. The van der Waals surface area contributed by atoms with Crippen LogP contribution in [0.15, 0.2) is 28.7 Å². The molecule has 2 rings (SSSR count). The number of methoxy groups -OCH3 is 1. The van der Waals surface area contributed by atoms with Gasteiger partial charge in [-0.15, -0.1) is 0 Å². The molecule has 5 heteroatoms. The van der Waals surface area contributed by atoms with Crippen LogP contribution in [0.2, 0.25) is 0 Å². The largest absolute Gasteiger partial charge is 0.469 e. The SMILES string of the molecule is COC(=O)CC1CN(Cc2ccc(Br)cc2)CCO1. The predicted molar refractivity (Wildman–Crippen MR) is 75.8 cm³/mol. The average molecular weight is 328 g/mol. The molecular formula is C14H18BrNO3. The number of carbonyl (C=O) groups is 1. The minimum absolute atomic E-state index is 0.0587. The van der Waals surface area contributed by atoms with Crippen LogP contribution in [-0.4, -0.2) is 43.8 Å². The van der Waals surface area contributed by atoms with E-state index in [1.54, 1.807) is 0 Å². The van der Waals surface area contributed by atoms with E-state index in [1.165, 1.54) is 12.7 Å². The van der Waals surface area contributed by atoms with Gasteiger partial charge in [0, 0.05) is 24.1 Å². The van der Waals surface area contributed by atoms with Crippen LogP contribution in [0.1, 0.15) is 12.0 Å². The van der Waals surface area contributed by atoms with Gasteiger partial charge in [-0.3, -0.25) is 9.69 Å².